The van der Waals surface area contributed by atoms with Gasteiger partial charge < -0.3 is 14.7 Å². The van der Waals surface area contributed by atoms with Crippen LogP contribution in [-0.4, -0.2) is 61.5 Å². The average Bonchev–Trinajstić information content (AvgIpc) is 2.21. The van der Waals surface area contributed by atoms with Gasteiger partial charge in [0, 0.05) is 51.7 Å². The maximum absolute atomic E-state index is 2.48. The maximum atomic E-state index is 2.48. The topological polar surface area (TPSA) is 9.72 Å². The number of allylic oxidation sites excluding steroid dienone is 1. The summed E-state index contributed by atoms with van der Waals surface area (Å²) in [6, 6.07) is 0. The van der Waals surface area contributed by atoms with E-state index in [1.807, 2.05) is 0 Å². The lowest BCUT2D eigenvalue weighted by atomic mass is 10.2. The van der Waals surface area contributed by atoms with Crippen molar-refractivity contribution in [2.75, 3.05) is 46.8 Å². The first-order valence-electron chi connectivity index (χ1n) is 5.28. The van der Waals surface area contributed by atoms with Gasteiger partial charge in [-0.15, -0.1) is 0 Å². The lowest BCUT2D eigenvalue weighted by Gasteiger charge is -2.36. The van der Waals surface area contributed by atoms with Crippen LogP contribution in [0.4, 0.5) is 0 Å². The normalized spacial score (nSPS) is 24.0. The van der Waals surface area contributed by atoms with Crippen LogP contribution in [0.15, 0.2) is 24.0 Å². The molecule has 1 saturated heterocycles. The zero-order valence-corrected chi connectivity index (χ0v) is 9.11. The number of rotatable bonds is 1. The highest BCUT2D eigenvalue weighted by molar-refractivity contribution is 5.21. The van der Waals surface area contributed by atoms with E-state index < -0.39 is 0 Å². The van der Waals surface area contributed by atoms with Gasteiger partial charge in [0.25, 0.3) is 0 Å². The molecule has 3 heteroatoms. The van der Waals surface area contributed by atoms with E-state index in [0.29, 0.717) is 0 Å². The molecule has 2 heterocycles. The van der Waals surface area contributed by atoms with Crippen LogP contribution in [0.25, 0.3) is 0 Å². The number of hydrogen-bond donors (Lipinski definition) is 0. The van der Waals surface area contributed by atoms with E-state index in [-0.39, 0.29) is 0 Å². The smallest absolute Gasteiger partial charge is 0.0373 e. The summed E-state index contributed by atoms with van der Waals surface area (Å²) in [6.45, 7) is 5.73. The van der Waals surface area contributed by atoms with Gasteiger partial charge in [0.05, 0.1) is 0 Å². The Bertz CT molecular complexity index is 249. The predicted molar refractivity (Wildman–Crippen MR) is 58.9 cm³/mol. The molecule has 0 amide bonds. The fraction of sp³-hybridized carbons (Fsp3) is 0.636. The molecule has 0 saturated carbocycles. The van der Waals surface area contributed by atoms with Crippen LogP contribution in [0.3, 0.4) is 0 Å². The van der Waals surface area contributed by atoms with Crippen LogP contribution < -0.4 is 0 Å². The van der Waals surface area contributed by atoms with Gasteiger partial charge in [0.1, 0.15) is 0 Å². The molecule has 0 spiro atoms. The average molecular weight is 193 g/mol. The highest BCUT2D eigenvalue weighted by Crippen LogP contribution is 2.13. The zero-order valence-electron chi connectivity index (χ0n) is 9.11. The summed E-state index contributed by atoms with van der Waals surface area (Å²) < 4.78 is 0. The van der Waals surface area contributed by atoms with Crippen LogP contribution in [0.5, 0.6) is 0 Å². The molecule has 0 N–H and O–H groups in total. The second kappa shape index (κ2) is 4.05. The van der Waals surface area contributed by atoms with Gasteiger partial charge in [-0.25, -0.2) is 0 Å². The summed E-state index contributed by atoms with van der Waals surface area (Å²) >= 11 is 0. The van der Waals surface area contributed by atoms with Crippen molar-refractivity contribution in [2.24, 2.45) is 0 Å². The predicted octanol–water partition coefficient (Wildman–Crippen LogP) is 0.577. The van der Waals surface area contributed by atoms with E-state index in [2.05, 4.69) is 47.1 Å². The van der Waals surface area contributed by atoms with Crippen LogP contribution in [0.1, 0.15) is 0 Å². The van der Waals surface area contributed by atoms with Gasteiger partial charge in [0.2, 0.25) is 0 Å². The van der Waals surface area contributed by atoms with Crippen molar-refractivity contribution in [1.29, 1.82) is 0 Å². The highest BCUT2D eigenvalue weighted by Gasteiger charge is 2.15. The molecule has 0 radical (unpaired) electrons. The summed E-state index contributed by atoms with van der Waals surface area (Å²) in [7, 11) is 4.30. The third kappa shape index (κ3) is 2.10. The van der Waals surface area contributed by atoms with Crippen molar-refractivity contribution in [1.82, 2.24) is 14.7 Å². The highest BCUT2D eigenvalue weighted by atomic mass is 15.3. The number of nitrogens with zero attached hydrogens (tertiary/aromatic N) is 3. The third-order valence-corrected chi connectivity index (χ3v) is 2.96. The summed E-state index contributed by atoms with van der Waals surface area (Å²) in [6.07, 6.45) is 6.69. The fourth-order valence-corrected chi connectivity index (χ4v) is 1.87. The van der Waals surface area contributed by atoms with E-state index in [1.54, 1.807) is 0 Å². The minimum Gasteiger partial charge on any atom is -0.377 e. The molecule has 78 valence electrons. The molecular formula is C11H19N3. The Kier molecular flexibility index (Phi) is 2.77. The van der Waals surface area contributed by atoms with E-state index in [1.165, 1.54) is 18.8 Å². The molecule has 3 nitrogen and oxygen atoms in total. The van der Waals surface area contributed by atoms with Crippen molar-refractivity contribution in [3.63, 3.8) is 0 Å². The van der Waals surface area contributed by atoms with E-state index in [4.69, 9.17) is 0 Å². The van der Waals surface area contributed by atoms with Gasteiger partial charge in [-0.05, 0) is 19.2 Å². The van der Waals surface area contributed by atoms with Crippen LogP contribution >= 0.6 is 0 Å². The molecule has 0 aliphatic carbocycles. The SMILES string of the molecule is CN1C=CC(N2CCN(C)CC2)=CC1. The van der Waals surface area contributed by atoms with Gasteiger partial charge in [0.15, 0.2) is 0 Å². The molecule has 0 unspecified atom stereocenters. The van der Waals surface area contributed by atoms with Crippen molar-refractivity contribution in [3.05, 3.63) is 24.0 Å². The van der Waals surface area contributed by atoms with Gasteiger partial charge >= 0.3 is 0 Å². The molecule has 0 bridgehead atoms. The maximum Gasteiger partial charge on any atom is 0.0373 e. The summed E-state index contributed by atoms with van der Waals surface area (Å²) in [4.78, 5) is 7.05. The Morgan fingerprint density at radius 2 is 1.79 bits per heavy atom. The van der Waals surface area contributed by atoms with Crippen LogP contribution in [0, 0.1) is 0 Å². The summed E-state index contributed by atoms with van der Waals surface area (Å²) in [5.74, 6) is 0. The molecule has 0 aromatic carbocycles. The zero-order chi connectivity index (χ0) is 9.97. The lowest BCUT2D eigenvalue weighted by Crippen LogP contribution is -2.44. The van der Waals surface area contributed by atoms with Gasteiger partial charge in [-0.1, -0.05) is 0 Å². The Labute approximate surface area is 86.3 Å². The number of hydrogen-bond acceptors (Lipinski definition) is 3. The van der Waals surface area contributed by atoms with Crippen molar-refractivity contribution in [3.8, 4) is 0 Å². The second-order valence-electron chi connectivity index (χ2n) is 4.17. The number of piperazine rings is 1. The summed E-state index contributed by atoms with van der Waals surface area (Å²) in [5, 5.41) is 0. The standard InChI is InChI=1S/C11H19N3/c1-12-5-3-11(4-6-12)14-9-7-13(2)8-10-14/h3-5H,6-10H2,1-2H3. The molecule has 0 atom stereocenters. The Balaban J connectivity index is 1.93. The summed E-state index contributed by atoms with van der Waals surface area (Å²) in [5.41, 5.74) is 1.40. The Morgan fingerprint density at radius 3 is 2.36 bits per heavy atom. The lowest BCUT2D eigenvalue weighted by molar-refractivity contribution is 0.188. The fourth-order valence-electron chi connectivity index (χ4n) is 1.87. The minimum absolute atomic E-state index is 1.04. The van der Waals surface area contributed by atoms with E-state index >= 15 is 0 Å². The first-order valence-corrected chi connectivity index (χ1v) is 5.28. The minimum atomic E-state index is 1.04. The molecule has 14 heavy (non-hydrogen) atoms. The molecule has 1 fully saturated rings. The van der Waals surface area contributed by atoms with Crippen molar-refractivity contribution >= 4 is 0 Å². The Morgan fingerprint density at radius 1 is 1.07 bits per heavy atom. The first kappa shape index (κ1) is 9.59. The Hall–Kier alpha value is -0.960. The quantitative estimate of drug-likeness (QED) is 0.603. The second-order valence-corrected chi connectivity index (χ2v) is 4.17. The third-order valence-electron chi connectivity index (χ3n) is 2.96. The number of likely N-dealkylation sites (N-methyl/N-ethyl adjacent to an activating group) is 2. The molecule has 2 rings (SSSR count). The van der Waals surface area contributed by atoms with Gasteiger partial charge in [-0.2, -0.15) is 0 Å². The largest absolute Gasteiger partial charge is 0.377 e. The van der Waals surface area contributed by atoms with E-state index in [0.717, 1.165) is 19.6 Å². The van der Waals surface area contributed by atoms with E-state index in [9.17, 15) is 0 Å². The monoisotopic (exact) mass is 193 g/mol. The van der Waals surface area contributed by atoms with Crippen molar-refractivity contribution in [2.45, 2.75) is 0 Å². The molecule has 0 aromatic heterocycles. The van der Waals surface area contributed by atoms with Crippen LogP contribution in [0.2, 0.25) is 0 Å². The molecule has 2 aliphatic heterocycles. The van der Waals surface area contributed by atoms with Crippen molar-refractivity contribution < 1.29 is 0 Å². The van der Waals surface area contributed by atoms with Crippen LogP contribution in [-0.2, 0) is 0 Å². The molecule has 0 aromatic rings. The first-order chi connectivity index (χ1) is 6.75. The molecular weight excluding hydrogens is 174 g/mol. The molecule has 2 aliphatic rings. The van der Waals surface area contributed by atoms with Gasteiger partial charge in [-0.3, -0.25) is 0 Å².